The van der Waals surface area contributed by atoms with E-state index in [0.717, 1.165) is 5.70 Å². The van der Waals surface area contributed by atoms with Crippen molar-refractivity contribution in [2.45, 2.75) is 0 Å². The van der Waals surface area contributed by atoms with E-state index in [9.17, 15) is 0 Å². The van der Waals surface area contributed by atoms with Crippen molar-refractivity contribution in [3.05, 3.63) is 23.3 Å². The van der Waals surface area contributed by atoms with Gasteiger partial charge in [0.25, 0.3) is 0 Å². The Morgan fingerprint density at radius 3 is 2.50 bits per heavy atom. The molecule has 0 radical (unpaired) electrons. The van der Waals surface area contributed by atoms with E-state index in [1.54, 1.807) is 0 Å². The van der Waals surface area contributed by atoms with Gasteiger partial charge in [0.2, 0.25) is 0 Å². The molecule has 1 aliphatic heterocycles. The fourth-order valence-electron chi connectivity index (χ4n) is 0.721. The SMILES string of the molecule is NS1=CC=CC(NS(N)(N)N)=C1. The lowest BCUT2D eigenvalue weighted by Gasteiger charge is -2.27. The van der Waals surface area contributed by atoms with Crippen molar-refractivity contribution < 1.29 is 0 Å². The Morgan fingerprint density at radius 2 is 2.00 bits per heavy atom. The molecule has 0 bridgehead atoms. The zero-order valence-corrected chi connectivity index (χ0v) is 8.07. The van der Waals surface area contributed by atoms with E-state index in [1.165, 1.54) is 0 Å². The maximum absolute atomic E-state index is 5.64. The van der Waals surface area contributed by atoms with Gasteiger partial charge in [-0.25, -0.2) is 0 Å². The average molecular weight is 207 g/mol. The van der Waals surface area contributed by atoms with E-state index in [2.05, 4.69) is 4.72 Å². The molecule has 0 aliphatic carbocycles. The molecule has 1 heterocycles. The van der Waals surface area contributed by atoms with E-state index in [4.69, 9.17) is 20.6 Å². The van der Waals surface area contributed by atoms with Gasteiger partial charge in [-0.05, 0) is 22.2 Å². The summed E-state index contributed by atoms with van der Waals surface area (Å²) in [7, 11) is -2.53. The first kappa shape index (κ1) is 9.78. The van der Waals surface area contributed by atoms with Crippen molar-refractivity contribution in [3.8, 4) is 0 Å². The van der Waals surface area contributed by atoms with Crippen LogP contribution in [0.3, 0.4) is 0 Å². The summed E-state index contributed by atoms with van der Waals surface area (Å²) < 4.78 is 2.79. The second-order valence-electron chi connectivity index (χ2n) is 2.34. The molecular weight excluding hydrogens is 194 g/mol. The lowest BCUT2D eigenvalue weighted by molar-refractivity contribution is 1.24. The molecule has 5 nitrogen and oxygen atoms in total. The molecule has 1 atom stereocenters. The molecule has 1 unspecified atom stereocenters. The predicted octanol–water partition coefficient (Wildman–Crippen LogP) is -0.727. The first-order chi connectivity index (χ1) is 5.47. The van der Waals surface area contributed by atoms with Crippen LogP contribution in [0, 0.1) is 0 Å². The summed E-state index contributed by atoms with van der Waals surface area (Å²) in [6, 6.07) is 0. The summed E-state index contributed by atoms with van der Waals surface area (Å²) >= 11 is 0. The molecular formula is C5H13N5S2. The second kappa shape index (κ2) is 3.60. The van der Waals surface area contributed by atoms with Crippen molar-refractivity contribution in [2.75, 3.05) is 0 Å². The summed E-state index contributed by atoms with van der Waals surface area (Å²) in [6.45, 7) is 0. The summed E-state index contributed by atoms with van der Waals surface area (Å²) in [6.07, 6.45) is 3.67. The Kier molecular flexibility index (Phi) is 2.94. The van der Waals surface area contributed by atoms with Crippen molar-refractivity contribution in [3.63, 3.8) is 0 Å². The molecule has 0 spiro atoms. The highest BCUT2D eigenvalue weighted by Crippen LogP contribution is 2.19. The van der Waals surface area contributed by atoms with Crippen LogP contribution in [0.2, 0.25) is 0 Å². The van der Waals surface area contributed by atoms with Gasteiger partial charge >= 0.3 is 0 Å². The van der Waals surface area contributed by atoms with Crippen molar-refractivity contribution in [1.82, 2.24) is 4.72 Å². The monoisotopic (exact) mass is 207 g/mol. The molecule has 0 saturated heterocycles. The molecule has 70 valence electrons. The van der Waals surface area contributed by atoms with Crippen LogP contribution in [0.4, 0.5) is 0 Å². The molecule has 9 N–H and O–H groups in total. The molecule has 0 aromatic rings. The van der Waals surface area contributed by atoms with Crippen LogP contribution in [-0.4, -0.2) is 5.37 Å². The summed E-state index contributed by atoms with van der Waals surface area (Å²) in [5.74, 6) is 0. The number of nitrogens with one attached hydrogen (secondary N) is 1. The van der Waals surface area contributed by atoms with E-state index in [0.29, 0.717) is 0 Å². The second-order valence-corrected chi connectivity index (χ2v) is 5.39. The third kappa shape index (κ3) is 3.39. The standard InChI is InChI=1S/C5H13N5S2/c6-11-3-1-2-5(4-11)10-12(7,8)9/h1-4,10H,6-9H2. The number of allylic oxidation sites excluding steroid dienone is 2. The molecule has 0 fully saturated rings. The summed E-state index contributed by atoms with van der Waals surface area (Å²) in [5.41, 5.74) is 0.783. The first-order valence-electron chi connectivity index (χ1n) is 3.11. The minimum Gasteiger partial charge on any atom is -0.313 e. The lowest BCUT2D eigenvalue weighted by atomic mass is 10.4. The van der Waals surface area contributed by atoms with Gasteiger partial charge in [0.05, 0.1) is 5.70 Å². The van der Waals surface area contributed by atoms with Gasteiger partial charge in [-0.2, -0.15) is 0 Å². The minimum absolute atomic E-state index is 0.345. The van der Waals surface area contributed by atoms with Crippen molar-refractivity contribution in [2.24, 2.45) is 20.6 Å². The quantitative estimate of drug-likeness (QED) is 0.383. The van der Waals surface area contributed by atoms with Crippen LogP contribution in [0.15, 0.2) is 23.3 Å². The van der Waals surface area contributed by atoms with Crippen LogP contribution in [0.1, 0.15) is 0 Å². The number of rotatable bonds is 2. The summed E-state index contributed by atoms with van der Waals surface area (Å²) in [5, 5.41) is 25.6. The highest BCUT2D eigenvalue weighted by molar-refractivity contribution is 8.26. The van der Waals surface area contributed by atoms with Gasteiger partial charge in [-0.1, -0.05) is 16.7 Å². The Bertz CT molecular complexity index is 262. The Balaban J connectivity index is 2.68. The number of hydrogen-bond acceptors (Lipinski definition) is 5. The molecule has 0 saturated carbocycles. The molecule has 7 heteroatoms. The van der Waals surface area contributed by atoms with Crippen molar-refractivity contribution in [1.29, 1.82) is 0 Å². The van der Waals surface area contributed by atoms with Gasteiger partial charge in [0.1, 0.15) is 0 Å². The highest BCUT2D eigenvalue weighted by atomic mass is 32.3. The van der Waals surface area contributed by atoms with Crippen LogP contribution < -0.4 is 25.3 Å². The van der Waals surface area contributed by atoms with Gasteiger partial charge < -0.3 is 4.72 Å². The minimum atomic E-state index is -2.18. The van der Waals surface area contributed by atoms with E-state index in [-0.39, 0.29) is 10.7 Å². The first-order valence-corrected chi connectivity index (χ1v) is 6.35. The third-order valence-electron chi connectivity index (χ3n) is 1.07. The van der Waals surface area contributed by atoms with Crippen LogP contribution in [-0.2, 0) is 0 Å². The molecule has 1 rings (SSSR count). The molecule has 0 aromatic heterocycles. The van der Waals surface area contributed by atoms with Gasteiger partial charge in [0, 0.05) is 5.41 Å². The van der Waals surface area contributed by atoms with Gasteiger partial charge in [-0.15, -0.1) is 0 Å². The lowest BCUT2D eigenvalue weighted by Crippen LogP contribution is -2.40. The summed E-state index contributed by atoms with van der Waals surface area (Å²) in [4.78, 5) is 0. The van der Waals surface area contributed by atoms with E-state index >= 15 is 0 Å². The maximum atomic E-state index is 5.64. The third-order valence-corrected chi connectivity index (χ3v) is 2.66. The fourth-order valence-corrected chi connectivity index (χ4v) is 2.10. The van der Waals surface area contributed by atoms with Gasteiger partial charge in [-0.3, -0.25) is 20.6 Å². The average Bonchev–Trinajstić information content (AvgIpc) is 1.82. The molecule has 12 heavy (non-hydrogen) atoms. The van der Waals surface area contributed by atoms with Crippen molar-refractivity contribution >= 4 is 26.8 Å². The Hall–Kier alpha value is -0.310. The zero-order valence-electron chi connectivity index (χ0n) is 6.44. The largest absolute Gasteiger partial charge is 0.313 e. The fraction of sp³-hybridized carbons (Fsp3) is 0. The smallest absolute Gasteiger partial charge is 0.0529 e. The highest BCUT2D eigenvalue weighted by Gasteiger charge is 2.05. The number of nitrogens with two attached hydrogens (primary N) is 4. The predicted molar refractivity (Wildman–Crippen MR) is 58.4 cm³/mol. The molecule has 0 amide bonds. The van der Waals surface area contributed by atoms with Crippen LogP contribution in [0.5, 0.6) is 0 Å². The van der Waals surface area contributed by atoms with E-state index in [1.807, 2.05) is 22.9 Å². The molecule has 1 aliphatic rings. The molecule has 0 aromatic carbocycles. The van der Waals surface area contributed by atoms with E-state index < -0.39 is 10.8 Å². The Labute approximate surface area is 75.8 Å². The maximum Gasteiger partial charge on any atom is 0.0529 e. The zero-order chi connectivity index (χ0) is 9.19. The van der Waals surface area contributed by atoms with Gasteiger partial charge in [0.15, 0.2) is 0 Å². The Morgan fingerprint density at radius 1 is 1.33 bits per heavy atom. The normalized spacial score (nSPS) is 24.3. The van der Waals surface area contributed by atoms with Crippen LogP contribution >= 0.6 is 21.4 Å². The topological polar surface area (TPSA) is 116 Å². The van der Waals surface area contributed by atoms with Crippen LogP contribution in [0.25, 0.3) is 0 Å². The number of hydrogen-bond donors (Lipinski definition) is 5.